The van der Waals surface area contributed by atoms with Gasteiger partial charge in [0, 0.05) is 31.1 Å². The second-order valence-corrected chi connectivity index (χ2v) is 4.50. The Morgan fingerprint density at radius 3 is 2.47 bits per heavy atom. The van der Waals surface area contributed by atoms with Gasteiger partial charge in [0.15, 0.2) is 0 Å². The van der Waals surface area contributed by atoms with E-state index in [9.17, 15) is 4.79 Å². The maximum Gasteiger partial charge on any atom is 0.250 e. The largest absolute Gasteiger partial charge is 0.318 e. The molecule has 0 saturated carbocycles. The van der Waals surface area contributed by atoms with Crippen molar-refractivity contribution in [3.8, 4) is 11.3 Å². The second-order valence-electron chi connectivity index (χ2n) is 4.50. The first-order valence-electron chi connectivity index (χ1n) is 5.71. The Kier molecular flexibility index (Phi) is 3.09. The molecule has 0 saturated heterocycles. The van der Waals surface area contributed by atoms with Crippen molar-refractivity contribution in [1.29, 1.82) is 0 Å². The van der Waals surface area contributed by atoms with Gasteiger partial charge in [-0.05, 0) is 23.6 Å². The van der Waals surface area contributed by atoms with E-state index in [0.29, 0.717) is 5.92 Å². The van der Waals surface area contributed by atoms with E-state index in [2.05, 4.69) is 24.9 Å². The molecule has 0 spiro atoms. The predicted molar refractivity (Wildman–Crippen MR) is 69.0 cm³/mol. The summed E-state index contributed by atoms with van der Waals surface area (Å²) in [5, 5.41) is 0. The molecular formula is C14H16N2O. The highest BCUT2D eigenvalue weighted by molar-refractivity contribution is 5.57. The molecule has 0 aliphatic heterocycles. The Hall–Kier alpha value is -1.90. The van der Waals surface area contributed by atoms with Crippen LogP contribution in [0.5, 0.6) is 0 Å². The van der Waals surface area contributed by atoms with Crippen LogP contribution >= 0.6 is 0 Å². The third-order valence-corrected chi connectivity index (χ3v) is 2.83. The fraction of sp³-hybridized carbons (Fsp3) is 0.286. The van der Waals surface area contributed by atoms with E-state index < -0.39 is 0 Å². The molecule has 0 aromatic carbocycles. The maximum absolute atomic E-state index is 11.3. The topological polar surface area (TPSA) is 34.9 Å². The number of pyridine rings is 2. The molecule has 88 valence electrons. The molecule has 2 aromatic rings. The van der Waals surface area contributed by atoms with Gasteiger partial charge in [-0.15, -0.1) is 0 Å². The summed E-state index contributed by atoms with van der Waals surface area (Å²) in [6.45, 7) is 4.28. The van der Waals surface area contributed by atoms with Crippen LogP contribution in [-0.4, -0.2) is 9.55 Å². The van der Waals surface area contributed by atoms with E-state index in [1.54, 1.807) is 29.9 Å². The number of nitrogens with zero attached hydrogens (tertiary/aromatic N) is 2. The molecule has 0 fully saturated rings. The molecule has 0 unspecified atom stereocenters. The smallest absolute Gasteiger partial charge is 0.250 e. The van der Waals surface area contributed by atoms with Crippen molar-refractivity contribution in [2.75, 3.05) is 0 Å². The highest BCUT2D eigenvalue weighted by atomic mass is 16.1. The molecule has 0 bridgehead atoms. The maximum atomic E-state index is 11.3. The molecule has 0 amide bonds. The van der Waals surface area contributed by atoms with E-state index in [-0.39, 0.29) is 5.56 Å². The van der Waals surface area contributed by atoms with Crippen LogP contribution in [0.1, 0.15) is 25.3 Å². The molecule has 3 nitrogen and oxygen atoms in total. The number of hydrogen-bond acceptors (Lipinski definition) is 2. The first-order chi connectivity index (χ1) is 8.08. The van der Waals surface area contributed by atoms with Crippen LogP contribution in [0, 0.1) is 0 Å². The van der Waals surface area contributed by atoms with Gasteiger partial charge in [0.1, 0.15) is 0 Å². The van der Waals surface area contributed by atoms with E-state index in [4.69, 9.17) is 0 Å². The van der Waals surface area contributed by atoms with Crippen LogP contribution < -0.4 is 5.56 Å². The van der Waals surface area contributed by atoms with Gasteiger partial charge in [0.2, 0.25) is 5.56 Å². The average Bonchev–Trinajstić information content (AvgIpc) is 2.33. The fourth-order valence-corrected chi connectivity index (χ4v) is 1.66. The van der Waals surface area contributed by atoms with Gasteiger partial charge in [-0.3, -0.25) is 9.78 Å². The Morgan fingerprint density at radius 2 is 1.94 bits per heavy atom. The zero-order valence-electron chi connectivity index (χ0n) is 10.3. The third-order valence-electron chi connectivity index (χ3n) is 2.83. The van der Waals surface area contributed by atoms with Crippen molar-refractivity contribution in [3.05, 3.63) is 52.6 Å². The standard InChI is InChI=1S/C14H16N2O/c1-10(2)11-4-6-13(15-8-11)12-5-7-14(17)16(3)9-12/h4-10H,1-3H3. The molecular weight excluding hydrogens is 212 g/mol. The molecule has 0 N–H and O–H groups in total. The predicted octanol–water partition coefficient (Wildman–Crippen LogP) is 2.57. The summed E-state index contributed by atoms with van der Waals surface area (Å²) in [5.74, 6) is 0.483. The summed E-state index contributed by atoms with van der Waals surface area (Å²) in [6, 6.07) is 7.44. The van der Waals surface area contributed by atoms with E-state index in [1.807, 2.05) is 12.3 Å². The van der Waals surface area contributed by atoms with Gasteiger partial charge in [-0.1, -0.05) is 19.9 Å². The lowest BCUT2D eigenvalue weighted by molar-refractivity contribution is 0.854. The SMILES string of the molecule is CC(C)c1ccc(-c2ccc(=O)n(C)c2)nc1. The van der Waals surface area contributed by atoms with Gasteiger partial charge >= 0.3 is 0 Å². The van der Waals surface area contributed by atoms with Gasteiger partial charge in [-0.25, -0.2) is 0 Å². The van der Waals surface area contributed by atoms with Gasteiger partial charge < -0.3 is 4.57 Å². The van der Waals surface area contributed by atoms with E-state index in [0.717, 1.165) is 11.3 Å². The second kappa shape index (κ2) is 4.53. The van der Waals surface area contributed by atoms with Crippen molar-refractivity contribution in [2.24, 2.45) is 7.05 Å². The molecule has 0 aliphatic rings. The first kappa shape index (κ1) is 11.6. The van der Waals surface area contributed by atoms with Crippen LogP contribution in [0.3, 0.4) is 0 Å². The average molecular weight is 228 g/mol. The third kappa shape index (κ3) is 2.44. The van der Waals surface area contributed by atoms with E-state index >= 15 is 0 Å². The molecule has 2 rings (SSSR count). The van der Waals surface area contributed by atoms with Gasteiger partial charge in [0.25, 0.3) is 0 Å². The lowest BCUT2D eigenvalue weighted by Crippen LogP contribution is -2.14. The molecule has 3 heteroatoms. The van der Waals surface area contributed by atoms with Crippen LogP contribution in [0.15, 0.2) is 41.5 Å². The summed E-state index contributed by atoms with van der Waals surface area (Å²) in [5.41, 5.74) is 3.07. The Bertz CT molecular complexity index is 568. The summed E-state index contributed by atoms with van der Waals surface area (Å²) >= 11 is 0. The summed E-state index contributed by atoms with van der Waals surface area (Å²) in [7, 11) is 1.74. The van der Waals surface area contributed by atoms with Crippen LogP contribution in [-0.2, 0) is 7.05 Å². The minimum absolute atomic E-state index is 0.00690. The van der Waals surface area contributed by atoms with Crippen molar-refractivity contribution < 1.29 is 0 Å². The van der Waals surface area contributed by atoms with Gasteiger partial charge in [-0.2, -0.15) is 0 Å². The first-order valence-corrected chi connectivity index (χ1v) is 5.71. The molecule has 0 atom stereocenters. The summed E-state index contributed by atoms with van der Waals surface area (Å²) < 4.78 is 1.56. The highest BCUT2D eigenvalue weighted by Crippen LogP contribution is 2.18. The lowest BCUT2D eigenvalue weighted by atomic mass is 10.0. The van der Waals surface area contributed by atoms with Gasteiger partial charge in [0.05, 0.1) is 5.69 Å². The summed E-state index contributed by atoms with van der Waals surface area (Å²) in [4.78, 5) is 15.7. The van der Waals surface area contributed by atoms with Crippen molar-refractivity contribution >= 4 is 0 Å². The lowest BCUT2D eigenvalue weighted by Gasteiger charge is -2.07. The normalized spacial score (nSPS) is 10.8. The zero-order chi connectivity index (χ0) is 12.4. The molecule has 2 aromatic heterocycles. The van der Waals surface area contributed by atoms with E-state index in [1.165, 1.54) is 5.56 Å². The number of rotatable bonds is 2. The van der Waals surface area contributed by atoms with Crippen LogP contribution in [0.2, 0.25) is 0 Å². The molecule has 17 heavy (non-hydrogen) atoms. The van der Waals surface area contributed by atoms with Crippen LogP contribution in [0.4, 0.5) is 0 Å². The minimum Gasteiger partial charge on any atom is -0.318 e. The van der Waals surface area contributed by atoms with Crippen LogP contribution in [0.25, 0.3) is 11.3 Å². The number of aromatic nitrogens is 2. The Balaban J connectivity index is 2.39. The molecule has 0 radical (unpaired) electrons. The Morgan fingerprint density at radius 1 is 1.18 bits per heavy atom. The zero-order valence-corrected chi connectivity index (χ0v) is 10.3. The summed E-state index contributed by atoms with van der Waals surface area (Å²) in [6.07, 6.45) is 3.70. The minimum atomic E-state index is -0.00690. The van der Waals surface area contributed by atoms with Crippen molar-refractivity contribution in [3.63, 3.8) is 0 Å². The highest BCUT2D eigenvalue weighted by Gasteiger charge is 2.03. The molecule has 0 aliphatic carbocycles. The fourth-order valence-electron chi connectivity index (χ4n) is 1.66. The van der Waals surface area contributed by atoms with Crippen molar-refractivity contribution in [2.45, 2.75) is 19.8 Å². The van der Waals surface area contributed by atoms with Crippen molar-refractivity contribution in [1.82, 2.24) is 9.55 Å². The molecule has 2 heterocycles. The number of aryl methyl sites for hydroxylation is 1. The number of hydrogen-bond donors (Lipinski definition) is 0. The quantitative estimate of drug-likeness (QED) is 0.791. The Labute approximate surface area is 101 Å². The monoisotopic (exact) mass is 228 g/mol.